The van der Waals surface area contributed by atoms with Gasteiger partial charge in [0.15, 0.2) is 0 Å². The van der Waals surface area contributed by atoms with Crippen molar-refractivity contribution >= 4 is 23.2 Å². The van der Waals surface area contributed by atoms with E-state index in [1.54, 1.807) is 0 Å². The fraction of sp³-hybridized carbons (Fsp3) is 0.500. The number of nitrogens with zero attached hydrogens (tertiary/aromatic N) is 1. The van der Waals surface area contributed by atoms with Crippen molar-refractivity contribution in [2.75, 3.05) is 19.5 Å². The smallest absolute Gasteiger partial charge is 0.0802 e. The van der Waals surface area contributed by atoms with E-state index in [4.69, 9.17) is 23.2 Å². The van der Waals surface area contributed by atoms with Crippen LogP contribution in [0, 0.1) is 0 Å². The topological polar surface area (TPSA) is 23.5 Å². The third-order valence-electron chi connectivity index (χ3n) is 2.69. The molecular weight excluding hydrogens is 245 g/mol. The molecule has 1 N–H and O–H groups in total. The van der Waals surface area contributed by atoms with Crippen molar-refractivity contribution in [1.29, 1.82) is 0 Å². The first-order valence-electron chi connectivity index (χ1n) is 5.24. The van der Waals surface area contributed by atoms with E-state index in [1.165, 1.54) is 5.56 Å². The Morgan fingerprint density at radius 1 is 1.31 bits per heavy atom. The molecule has 90 valence electrons. The minimum Gasteiger partial charge on any atom is -0.391 e. The molecule has 2 nitrogen and oxygen atoms in total. The fourth-order valence-electron chi connectivity index (χ4n) is 1.54. The Morgan fingerprint density at radius 3 is 2.38 bits per heavy atom. The maximum atomic E-state index is 9.47. The average molecular weight is 262 g/mol. The molecular formula is C12H17Cl2NO. The molecule has 0 radical (unpaired) electrons. The van der Waals surface area contributed by atoms with Gasteiger partial charge in [0.05, 0.1) is 6.10 Å². The van der Waals surface area contributed by atoms with Crippen LogP contribution >= 0.6 is 23.2 Å². The van der Waals surface area contributed by atoms with E-state index in [9.17, 15) is 5.11 Å². The van der Waals surface area contributed by atoms with E-state index in [2.05, 4.69) is 11.8 Å². The molecule has 1 rings (SSSR count). The first-order chi connectivity index (χ1) is 7.54. The Labute approximate surface area is 107 Å². The molecule has 0 aliphatic heterocycles. The Bertz CT molecular complexity index is 315. The van der Waals surface area contributed by atoms with Gasteiger partial charge >= 0.3 is 0 Å². The SMILES string of the molecule is CC(c1ccc(Cl)cc1)N(C)CC(O)CCl. The highest BCUT2D eigenvalue weighted by atomic mass is 35.5. The summed E-state index contributed by atoms with van der Waals surface area (Å²) in [6, 6.07) is 7.97. The van der Waals surface area contributed by atoms with Crippen molar-refractivity contribution in [3.8, 4) is 0 Å². The molecule has 0 saturated heterocycles. The quantitative estimate of drug-likeness (QED) is 0.825. The molecule has 0 saturated carbocycles. The van der Waals surface area contributed by atoms with Gasteiger partial charge in [-0.2, -0.15) is 0 Å². The summed E-state index contributed by atoms with van der Waals surface area (Å²) in [4.78, 5) is 2.07. The molecule has 0 spiro atoms. The van der Waals surface area contributed by atoms with Crippen molar-refractivity contribution in [3.63, 3.8) is 0 Å². The van der Waals surface area contributed by atoms with Gasteiger partial charge in [0.25, 0.3) is 0 Å². The van der Waals surface area contributed by atoms with E-state index in [0.29, 0.717) is 6.54 Å². The van der Waals surface area contributed by atoms with Gasteiger partial charge in [-0.15, -0.1) is 11.6 Å². The lowest BCUT2D eigenvalue weighted by molar-refractivity contribution is 0.124. The summed E-state index contributed by atoms with van der Waals surface area (Å²) >= 11 is 11.4. The summed E-state index contributed by atoms with van der Waals surface area (Å²) < 4.78 is 0. The van der Waals surface area contributed by atoms with Crippen LogP contribution in [0.3, 0.4) is 0 Å². The second-order valence-electron chi connectivity index (χ2n) is 3.98. The normalized spacial score (nSPS) is 15.1. The molecule has 0 amide bonds. The number of aliphatic hydroxyl groups is 1. The fourth-order valence-corrected chi connectivity index (χ4v) is 1.76. The number of hydrogen-bond donors (Lipinski definition) is 1. The molecule has 0 aliphatic rings. The van der Waals surface area contributed by atoms with Crippen LogP contribution in [0.2, 0.25) is 5.02 Å². The molecule has 0 aromatic heterocycles. The number of rotatable bonds is 5. The second-order valence-corrected chi connectivity index (χ2v) is 4.72. The maximum Gasteiger partial charge on any atom is 0.0802 e. The number of halogens is 2. The molecule has 4 heteroatoms. The summed E-state index contributed by atoms with van der Waals surface area (Å²) in [5.41, 5.74) is 1.17. The van der Waals surface area contributed by atoms with Crippen molar-refractivity contribution in [2.45, 2.75) is 19.1 Å². The first kappa shape index (κ1) is 13.8. The van der Waals surface area contributed by atoms with Gasteiger partial charge in [-0.05, 0) is 31.7 Å². The highest BCUT2D eigenvalue weighted by Crippen LogP contribution is 2.20. The molecule has 2 unspecified atom stereocenters. The lowest BCUT2D eigenvalue weighted by Gasteiger charge is -2.26. The number of hydrogen-bond acceptors (Lipinski definition) is 2. The average Bonchev–Trinajstić information content (AvgIpc) is 2.28. The first-order valence-corrected chi connectivity index (χ1v) is 6.15. The summed E-state index contributed by atoms with van der Waals surface area (Å²) in [7, 11) is 1.97. The van der Waals surface area contributed by atoms with Crippen molar-refractivity contribution in [3.05, 3.63) is 34.9 Å². The van der Waals surface area contributed by atoms with Gasteiger partial charge in [-0.1, -0.05) is 23.7 Å². The molecule has 1 aromatic carbocycles. The predicted octanol–water partition coefficient (Wildman–Crippen LogP) is 2.93. The predicted molar refractivity (Wildman–Crippen MR) is 69.2 cm³/mol. The summed E-state index contributed by atoms with van der Waals surface area (Å²) in [6.07, 6.45) is -0.485. The molecule has 2 atom stereocenters. The van der Waals surface area contributed by atoms with Crippen LogP contribution in [0.4, 0.5) is 0 Å². The van der Waals surface area contributed by atoms with Crippen LogP contribution in [0.25, 0.3) is 0 Å². The Kier molecular flexibility index (Phi) is 5.56. The van der Waals surface area contributed by atoms with E-state index in [1.807, 2.05) is 31.3 Å². The Balaban J connectivity index is 2.62. The van der Waals surface area contributed by atoms with E-state index in [-0.39, 0.29) is 11.9 Å². The van der Waals surface area contributed by atoms with Gasteiger partial charge in [0.2, 0.25) is 0 Å². The zero-order chi connectivity index (χ0) is 12.1. The van der Waals surface area contributed by atoms with Crippen LogP contribution in [0.5, 0.6) is 0 Å². The molecule has 0 aliphatic carbocycles. The monoisotopic (exact) mass is 261 g/mol. The highest BCUT2D eigenvalue weighted by Gasteiger charge is 2.14. The molecule has 1 aromatic rings. The van der Waals surface area contributed by atoms with Crippen molar-refractivity contribution < 1.29 is 5.11 Å². The molecule has 0 heterocycles. The van der Waals surface area contributed by atoms with Gasteiger partial charge in [-0.25, -0.2) is 0 Å². The van der Waals surface area contributed by atoms with E-state index in [0.717, 1.165) is 5.02 Å². The number of likely N-dealkylation sites (N-methyl/N-ethyl adjacent to an activating group) is 1. The number of alkyl halides is 1. The standard InChI is InChI=1S/C12H17Cl2NO/c1-9(15(2)8-12(16)7-13)10-3-5-11(14)6-4-10/h3-6,9,12,16H,7-8H2,1-2H3. The van der Waals surface area contributed by atoms with Gasteiger partial charge in [0, 0.05) is 23.5 Å². The molecule has 16 heavy (non-hydrogen) atoms. The minimum atomic E-state index is -0.485. The van der Waals surface area contributed by atoms with Crippen LogP contribution in [0.1, 0.15) is 18.5 Å². The zero-order valence-electron chi connectivity index (χ0n) is 9.53. The van der Waals surface area contributed by atoms with Crippen LogP contribution in [-0.4, -0.2) is 35.6 Å². The van der Waals surface area contributed by atoms with Crippen LogP contribution < -0.4 is 0 Å². The van der Waals surface area contributed by atoms with Crippen LogP contribution in [-0.2, 0) is 0 Å². The van der Waals surface area contributed by atoms with E-state index < -0.39 is 6.10 Å². The largest absolute Gasteiger partial charge is 0.391 e. The van der Waals surface area contributed by atoms with Gasteiger partial charge in [0.1, 0.15) is 0 Å². The third kappa shape index (κ3) is 3.95. The summed E-state index contributed by atoms with van der Waals surface area (Å²) in [5.74, 6) is 0.262. The Hall–Kier alpha value is -0.280. The minimum absolute atomic E-state index is 0.232. The summed E-state index contributed by atoms with van der Waals surface area (Å²) in [5, 5.41) is 10.2. The zero-order valence-corrected chi connectivity index (χ0v) is 11.0. The number of aliphatic hydroxyl groups excluding tert-OH is 1. The maximum absolute atomic E-state index is 9.47. The molecule has 0 fully saturated rings. The van der Waals surface area contributed by atoms with E-state index >= 15 is 0 Å². The van der Waals surface area contributed by atoms with Crippen LogP contribution in [0.15, 0.2) is 24.3 Å². The molecule has 0 bridgehead atoms. The number of benzene rings is 1. The lowest BCUT2D eigenvalue weighted by atomic mass is 10.1. The van der Waals surface area contributed by atoms with Gasteiger partial charge in [-0.3, -0.25) is 4.90 Å². The van der Waals surface area contributed by atoms with Crippen molar-refractivity contribution in [1.82, 2.24) is 4.90 Å². The summed E-state index contributed by atoms with van der Waals surface area (Å²) in [6.45, 7) is 2.65. The van der Waals surface area contributed by atoms with Crippen molar-refractivity contribution in [2.24, 2.45) is 0 Å². The van der Waals surface area contributed by atoms with Gasteiger partial charge < -0.3 is 5.11 Å². The third-order valence-corrected chi connectivity index (χ3v) is 3.30. The highest BCUT2D eigenvalue weighted by molar-refractivity contribution is 6.30. The second kappa shape index (κ2) is 6.45. The lowest BCUT2D eigenvalue weighted by Crippen LogP contribution is -2.32. The Morgan fingerprint density at radius 2 is 1.88 bits per heavy atom.